The number of aromatic nitrogens is 4. The Morgan fingerprint density at radius 2 is 1.56 bits per heavy atom. The van der Waals surface area contributed by atoms with Gasteiger partial charge in [0.15, 0.2) is 24.8 Å². The maximum absolute atomic E-state index is 11.0. The molecule has 2 aliphatic rings. The molecule has 5 heterocycles. The van der Waals surface area contributed by atoms with Crippen molar-refractivity contribution in [2.24, 2.45) is 10.2 Å². The minimum Gasteiger partial charge on any atom is -0.505 e. The summed E-state index contributed by atoms with van der Waals surface area (Å²) in [4.78, 5) is 2.42. The van der Waals surface area contributed by atoms with Gasteiger partial charge in [0.25, 0.3) is 0 Å². The summed E-state index contributed by atoms with van der Waals surface area (Å²) in [6.07, 6.45) is 18.7. The van der Waals surface area contributed by atoms with Gasteiger partial charge in [-0.2, -0.15) is 0 Å². The SMILES string of the molecule is Nc1ccc[n+](CCCn2ccn2CCC[n+]2cccc(N=Nc3cc4c5c(c3O)CCCN5CCC4)c2)c1. The van der Waals surface area contributed by atoms with Crippen molar-refractivity contribution < 1.29 is 14.2 Å². The van der Waals surface area contributed by atoms with E-state index in [0.717, 1.165) is 94.7 Å². The number of rotatable bonds is 10. The number of phenolic OH excluding ortho intramolecular Hbond substituents is 1. The summed E-state index contributed by atoms with van der Waals surface area (Å²) in [7, 11) is 0. The van der Waals surface area contributed by atoms with Gasteiger partial charge in [-0.3, -0.25) is 9.36 Å². The van der Waals surface area contributed by atoms with Crippen LogP contribution in [0, 0.1) is 0 Å². The monoisotopic (exact) mass is 526 g/mol. The second kappa shape index (κ2) is 11.3. The fraction of sp³-hybridized carbons (Fsp3) is 0.400. The zero-order valence-corrected chi connectivity index (χ0v) is 22.5. The molecule has 0 unspecified atom stereocenters. The van der Waals surface area contributed by atoms with E-state index in [1.165, 1.54) is 11.3 Å². The number of nitrogens with two attached hydrogens (primary N) is 1. The third-order valence-electron chi connectivity index (χ3n) is 7.82. The number of nitrogen functional groups attached to an aromatic ring is 1. The number of pyridine rings is 2. The first-order valence-electron chi connectivity index (χ1n) is 14.1. The molecule has 0 spiro atoms. The topological polar surface area (TPSA) is 91.8 Å². The number of aryl methyl sites for hydroxylation is 5. The summed E-state index contributed by atoms with van der Waals surface area (Å²) in [5.41, 5.74) is 11.6. The van der Waals surface area contributed by atoms with Crippen LogP contribution in [0.3, 0.4) is 0 Å². The van der Waals surface area contributed by atoms with Gasteiger partial charge in [0.05, 0.1) is 5.69 Å². The fourth-order valence-electron chi connectivity index (χ4n) is 5.89. The Morgan fingerprint density at radius 3 is 2.28 bits per heavy atom. The first-order valence-corrected chi connectivity index (χ1v) is 14.1. The Bertz CT molecular complexity index is 1470. The van der Waals surface area contributed by atoms with Crippen molar-refractivity contribution in [2.45, 2.75) is 64.7 Å². The number of anilines is 2. The van der Waals surface area contributed by atoms with Gasteiger partial charge in [-0.25, -0.2) is 9.13 Å². The van der Waals surface area contributed by atoms with Crippen molar-refractivity contribution in [3.8, 4) is 5.75 Å². The molecule has 0 bridgehead atoms. The van der Waals surface area contributed by atoms with Crippen LogP contribution in [-0.4, -0.2) is 27.6 Å². The van der Waals surface area contributed by atoms with Gasteiger partial charge in [0.1, 0.15) is 30.2 Å². The van der Waals surface area contributed by atoms with Crippen LogP contribution in [0.25, 0.3) is 0 Å². The van der Waals surface area contributed by atoms with E-state index in [1.807, 2.05) is 42.7 Å². The van der Waals surface area contributed by atoms with Crippen LogP contribution < -0.4 is 19.8 Å². The Labute approximate surface area is 229 Å². The van der Waals surface area contributed by atoms with Crippen LogP contribution in [-0.2, 0) is 39.0 Å². The molecule has 0 saturated carbocycles. The van der Waals surface area contributed by atoms with E-state index in [9.17, 15) is 5.11 Å². The van der Waals surface area contributed by atoms with Crippen LogP contribution in [0.2, 0.25) is 0 Å². The summed E-state index contributed by atoms with van der Waals surface area (Å²) >= 11 is 0. The van der Waals surface area contributed by atoms with Crippen LogP contribution in [0.4, 0.5) is 22.7 Å². The molecule has 0 aliphatic carbocycles. The van der Waals surface area contributed by atoms with E-state index < -0.39 is 0 Å². The molecule has 6 rings (SSSR count). The highest BCUT2D eigenvalue weighted by Crippen LogP contribution is 2.45. The van der Waals surface area contributed by atoms with Gasteiger partial charge >= 0.3 is 0 Å². The molecule has 9 heteroatoms. The zero-order chi connectivity index (χ0) is 26.6. The Morgan fingerprint density at radius 1 is 0.872 bits per heavy atom. The number of azo groups is 1. The Hall–Kier alpha value is -4.14. The number of benzene rings is 1. The highest BCUT2D eigenvalue weighted by Gasteiger charge is 2.27. The Kier molecular flexibility index (Phi) is 7.29. The molecule has 0 saturated heterocycles. The summed E-state index contributed by atoms with van der Waals surface area (Å²) < 4.78 is 8.86. The quantitative estimate of drug-likeness (QED) is 0.236. The summed E-state index contributed by atoms with van der Waals surface area (Å²) in [6, 6.07) is 9.90. The number of aromatic hydroxyl groups is 1. The van der Waals surface area contributed by atoms with E-state index in [1.54, 1.807) is 0 Å². The van der Waals surface area contributed by atoms with Gasteiger partial charge in [-0.05, 0) is 49.4 Å². The predicted octanol–water partition coefficient (Wildman–Crippen LogP) is 4.45. The lowest BCUT2D eigenvalue weighted by molar-refractivity contribution is -0.697. The molecular weight excluding hydrogens is 488 g/mol. The first-order chi connectivity index (χ1) is 19.1. The second-order valence-corrected chi connectivity index (χ2v) is 10.6. The molecule has 39 heavy (non-hydrogen) atoms. The van der Waals surface area contributed by atoms with Crippen LogP contribution in [0.15, 0.2) is 77.7 Å². The van der Waals surface area contributed by atoms with Gasteiger partial charge in [0.2, 0.25) is 0 Å². The first kappa shape index (κ1) is 25.2. The number of nitrogens with zero attached hydrogens (tertiary/aromatic N) is 7. The average molecular weight is 527 g/mol. The molecule has 202 valence electrons. The maximum Gasteiger partial charge on any atom is 0.196 e. The van der Waals surface area contributed by atoms with Gasteiger partial charge in [-0.15, -0.1) is 10.2 Å². The van der Waals surface area contributed by atoms with E-state index in [2.05, 4.69) is 58.4 Å². The molecule has 4 aromatic rings. The normalized spacial score (nSPS) is 14.7. The fourth-order valence-corrected chi connectivity index (χ4v) is 5.89. The number of hydrogen-bond acceptors (Lipinski definition) is 5. The van der Waals surface area contributed by atoms with E-state index in [-0.39, 0.29) is 0 Å². The third kappa shape index (κ3) is 5.67. The van der Waals surface area contributed by atoms with Gasteiger partial charge in [0, 0.05) is 74.8 Å². The summed E-state index contributed by atoms with van der Waals surface area (Å²) in [6.45, 7) is 5.95. The summed E-state index contributed by atoms with van der Waals surface area (Å²) in [5, 5.41) is 20.0. The van der Waals surface area contributed by atoms with Crippen LogP contribution in [0.1, 0.15) is 36.8 Å². The van der Waals surface area contributed by atoms with Gasteiger partial charge < -0.3 is 15.7 Å². The molecule has 2 aliphatic heterocycles. The molecule has 9 nitrogen and oxygen atoms in total. The molecule has 0 amide bonds. The lowest BCUT2D eigenvalue weighted by Gasteiger charge is -2.37. The molecule has 0 fully saturated rings. The molecule has 3 N–H and O–H groups in total. The smallest absolute Gasteiger partial charge is 0.196 e. The minimum absolute atomic E-state index is 0.298. The van der Waals surface area contributed by atoms with E-state index >= 15 is 0 Å². The van der Waals surface area contributed by atoms with Gasteiger partial charge in [-0.1, -0.05) is 0 Å². The average Bonchev–Trinajstić information content (AvgIpc) is 2.94. The highest BCUT2D eigenvalue weighted by atomic mass is 16.3. The molecule has 3 aromatic heterocycles. The summed E-state index contributed by atoms with van der Waals surface area (Å²) in [5.74, 6) is 0.298. The van der Waals surface area contributed by atoms with Crippen molar-refractivity contribution in [3.05, 3.63) is 78.6 Å². The zero-order valence-electron chi connectivity index (χ0n) is 22.5. The van der Waals surface area contributed by atoms with Crippen molar-refractivity contribution in [1.82, 2.24) is 9.36 Å². The maximum atomic E-state index is 11.0. The lowest BCUT2D eigenvalue weighted by atomic mass is 9.90. The number of phenols is 1. The Balaban J connectivity index is 1.03. The standard InChI is InChI=1S/C30H37N8O/c31-25-8-2-11-34(22-25)13-5-17-37-19-20-38(37)18-6-14-35-12-3-9-26(23-35)32-33-28-21-24-7-1-15-36-16-4-10-27(29(24)36)30(28)39/h2-3,8-9,11-12,19-23H,1,4-7,10,13-18,31H2/q+1/p+1. The van der Waals surface area contributed by atoms with E-state index in [4.69, 9.17) is 5.73 Å². The lowest BCUT2D eigenvalue weighted by Crippen LogP contribution is -2.35. The van der Waals surface area contributed by atoms with E-state index in [0.29, 0.717) is 11.4 Å². The minimum atomic E-state index is 0.298. The second-order valence-electron chi connectivity index (χ2n) is 10.6. The van der Waals surface area contributed by atoms with Crippen molar-refractivity contribution in [2.75, 3.05) is 23.7 Å². The number of hydrogen-bond donors (Lipinski definition) is 2. The molecule has 0 radical (unpaired) electrons. The molecular formula is C30H38N8O+2. The van der Waals surface area contributed by atoms with Crippen molar-refractivity contribution >= 4 is 22.7 Å². The van der Waals surface area contributed by atoms with Crippen molar-refractivity contribution in [1.29, 1.82) is 0 Å². The van der Waals surface area contributed by atoms with Crippen LogP contribution >= 0.6 is 0 Å². The van der Waals surface area contributed by atoms with Crippen molar-refractivity contribution in [3.63, 3.8) is 0 Å². The molecule has 1 aromatic carbocycles. The van der Waals surface area contributed by atoms with Crippen LogP contribution in [0.5, 0.6) is 5.75 Å². The largest absolute Gasteiger partial charge is 0.505 e. The predicted molar refractivity (Wildman–Crippen MR) is 150 cm³/mol. The highest BCUT2D eigenvalue weighted by molar-refractivity contribution is 5.74. The third-order valence-corrected chi connectivity index (χ3v) is 7.82. The molecule has 0 atom stereocenters.